The number of unbranched alkanes of at least 4 members (excludes halogenated alkanes) is 17. The zero-order valence-electron chi connectivity index (χ0n) is 25.0. The Hall–Kier alpha value is -0.980. The molecule has 0 amide bonds. The summed E-state index contributed by atoms with van der Waals surface area (Å²) in [6.45, 7) is 15.5. The highest BCUT2D eigenvalue weighted by Crippen LogP contribution is 2.40. The molecule has 1 N–H and O–H groups in total. The molecule has 0 aliphatic rings. The molecule has 0 aliphatic heterocycles. The van der Waals surface area contributed by atoms with Crippen molar-refractivity contribution in [2.24, 2.45) is 0 Å². The zero-order valence-corrected chi connectivity index (χ0v) is 25.0. The predicted octanol–water partition coefficient (Wildman–Crippen LogP) is 11.6. The molecule has 0 saturated carbocycles. The zero-order chi connectivity index (χ0) is 26.2. The van der Waals surface area contributed by atoms with Crippen molar-refractivity contribution < 1.29 is 5.11 Å². The van der Waals surface area contributed by atoms with Gasteiger partial charge in [0.15, 0.2) is 0 Å². The van der Waals surface area contributed by atoms with Gasteiger partial charge in [-0.05, 0) is 40.4 Å². The fraction of sp³-hybridized carbons (Fsp3) is 0.824. The molecular formula is C34H62O. The molecular weight excluding hydrogens is 424 g/mol. The van der Waals surface area contributed by atoms with E-state index in [-0.39, 0.29) is 10.8 Å². The summed E-state index contributed by atoms with van der Waals surface area (Å²) in [6.07, 6.45) is 26.7. The van der Waals surface area contributed by atoms with E-state index in [0.29, 0.717) is 5.75 Å². The van der Waals surface area contributed by atoms with Crippen LogP contribution in [0.3, 0.4) is 0 Å². The maximum absolute atomic E-state index is 10.9. The summed E-state index contributed by atoms with van der Waals surface area (Å²) in [5.74, 6) is 0.506. The average Bonchev–Trinajstić information content (AvgIpc) is 2.77. The summed E-state index contributed by atoms with van der Waals surface area (Å²) in [5.41, 5.74) is 3.53. The van der Waals surface area contributed by atoms with Gasteiger partial charge in [-0.25, -0.2) is 0 Å². The lowest BCUT2D eigenvalue weighted by Gasteiger charge is -2.28. The normalized spacial score (nSPS) is 12.4. The maximum Gasteiger partial charge on any atom is 0.123 e. The molecule has 0 aromatic heterocycles. The highest BCUT2D eigenvalue weighted by molar-refractivity contribution is 5.49. The number of rotatable bonds is 19. The third-order valence-electron chi connectivity index (χ3n) is 7.60. The molecule has 0 bridgehead atoms. The van der Waals surface area contributed by atoms with Crippen LogP contribution in [0.15, 0.2) is 12.1 Å². The molecule has 1 aromatic carbocycles. The van der Waals surface area contributed by atoms with Crippen LogP contribution in [-0.2, 0) is 17.3 Å². The van der Waals surface area contributed by atoms with E-state index < -0.39 is 0 Å². The van der Waals surface area contributed by atoms with E-state index >= 15 is 0 Å². The predicted molar refractivity (Wildman–Crippen MR) is 158 cm³/mol. The number of hydrogen-bond donors (Lipinski definition) is 1. The van der Waals surface area contributed by atoms with Gasteiger partial charge in [0.25, 0.3) is 0 Å². The van der Waals surface area contributed by atoms with Crippen molar-refractivity contribution >= 4 is 0 Å². The van der Waals surface area contributed by atoms with E-state index in [0.717, 1.165) is 17.5 Å². The monoisotopic (exact) mass is 486 g/mol. The maximum atomic E-state index is 10.9. The van der Waals surface area contributed by atoms with Gasteiger partial charge in [-0.3, -0.25) is 0 Å². The molecule has 35 heavy (non-hydrogen) atoms. The molecule has 1 nitrogen and oxygen atoms in total. The van der Waals surface area contributed by atoms with Crippen LogP contribution in [0.5, 0.6) is 5.75 Å². The molecule has 1 aromatic rings. The highest BCUT2D eigenvalue weighted by atomic mass is 16.3. The van der Waals surface area contributed by atoms with Crippen molar-refractivity contribution in [2.75, 3.05) is 0 Å². The SMILES string of the molecule is CCCCCCCCCCCCCCCCCCCCc1cc(C(C)(C)C)c(O)c(C(C)(C)C)c1. The van der Waals surface area contributed by atoms with Crippen LogP contribution < -0.4 is 0 Å². The third kappa shape index (κ3) is 14.4. The van der Waals surface area contributed by atoms with Crippen LogP contribution in [0.1, 0.15) is 181 Å². The molecule has 0 unspecified atom stereocenters. The lowest BCUT2D eigenvalue weighted by molar-refractivity contribution is 0.422. The first-order chi connectivity index (χ1) is 16.6. The van der Waals surface area contributed by atoms with Crippen LogP contribution in [-0.4, -0.2) is 5.11 Å². The Morgan fingerprint density at radius 2 is 0.771 bits per heavy atom. The number of hydrogen-bond acceptors (Lipinski definition) is 1. The van der Waals surface area contributed by atoms with E-state index in [1.807, 2.05) is 0 Å². The van der Waals surface area contributed by atoms with Gasteiger partial charge in [-0.15, -0.1) is 0 Å². The third-order valence-corrected chi connectivity index (χ3v) is 7.60. The van der Waals surface area contributed by atoms with Gasteiger partial charge in [0.05, 0.1) is 0 Å². The second-order valence-corrected chi connectivity index (χ2v) is 13.3. The number of aromatic hydroxyl groups is 1. The molecule has 1 heteroatoms. The van der Waals surface area contributed by atoms with Gasteiger partial charge in [0.1, 0.15) is 5.75 Å². The molecule has 0 fully saturated rings. The molecule has 0 saturated heterocycles. The topological polar surface area (TPSA) is 20.2 Å². The molecule has 204 valence electrons. The standard InChI is InChI=1S/C34H62O/c1-8-9-10-11-12-13-14-15-16-17-18-19-20-21-22-23-24-25-26-29-27-30(33(2,3)4)32(35)31(28-29)34(5,6)7/h27-28,35H,8-26H2,1-7H3. The Labute approximate surface area is 220 Å². The molecule has 1 rings (SSSR count). The van der Waals surface area contributed by atoms with E-state index in [9.17, 15) is 5.11 Å². The second-order valence-electron chi connectivity index (χ2n) is 13.3. The minimum absolute atomic E-state index is 0.0338. The number of aryl methyl sites for hydroxylation is 1. The number of benzene rings is 1. The van der Waals surface area contributed by atoms with Gasteiger partial charge in [-0.1, -0.05) is 170 Å². The lowest BCUT2D eigenvalue weighted by atomic mass is 9.78. The van der Waals surface area contributed by atoms with Crippen molar-refractivity contribution in [2.45, 2.75) is 181 Å². The average molecular weight is 487 g/mol. The first-order valence-electron chi connectivity index (χ1n) is 15.4. The van der Waals surface area contributed by atoms with E-state index in [4.69, 9.17) is 0 Å². The Morgan fingerprint density at radius 3 is 1.06 bits per heavy atom. The summed E-state index contributed by atoms with van der Waals surface area (Å²) in [6, 6.07) is 4.52. The summed E-state index contributed by atoms with van der Waals surface area (Å²) >= 11 is 0. The van der Waals surface area contributed by atoms with Crippen LogP contribution in [0.25, 0.3) is 0 Å². The Bertz CT molecular complexity index is 623. The first-order valence-corrected chi connectivity index (χ1v) is 15.4. The number of phenolic OH excluding ortho intramolecular Hbond substituents is 1. The summed E-state index contributed by atoms with van der Waals surface area (Å²) < 4.78 is 0. The quantitative estimate of drug-likeness (QED) is 0.193. The Morgan fingerprint density at radius 1 is 0.486 bits per heavy atom. The molecule has 0 spiro atoms. The fourth-order valence-electron chi connectivity index (χ4n) is 5.21. The van der Waals surface area contributed by atoms with Gasteiger partial charge < -0.3 is 5.11 Å². The van der Waals surface area contributed by atoms with Crippen molar-refractivity contribution in [3.63, 3.8) is 0 Å². The second kappa shape index (κ2) is 17.5. The van der Waals surface area contributed by atoms with Gasteiger partial charge >= 0.3 is 0 Å². The summed E-state index contributed by atoms with van der Waals surface area (Å²) in [5, 5.41) is 10.9. The van der Waals surface area contributed by atoms with Gasteiger partial charge in [-0.2, -0.15) is 0 Å². The van der Waals surface area contributed by atoms with Crippen molar-refractivity contribution in [1.82, 2.24) is 0 Å². The highest BCUT2D eigenvalue weighted by Gasteiger charge is 2.26. The van der Waals surface area contributed by atoms with Crippen molar-refractivity contribution in [3.05, 3.63) is 28.8 Å². The fourth-order valence-corrected chi connectivity index (χ4v) is 5.21. The minimum atomic E-state index is -0.0338. The van der Waals surface area contributed by atoms with Crippen LogP contribution >= 0.6 is 0 Å². The molecule has 0 heterocycles. The molecule has 0 atom stereocenters. The minimum Gasteiger partial charge on any atom is -0.507 e. The van der Waals surface area contributed by atoms with Crippen molar-refractivity contribution in [1.29, 1.82) is 0 Å². The van der Waals surface area contributed by atoms with Gasteiger partial charge in [0, 0.05) is 0 Å². The van der Waals surface area contributed by atoms with E-state index in [1.165, 1.54) is 121 Å². The molecule has 0 aliphatic carbocycles. The summed E-state index contributed by atoms with van der Waals surface area (Å²) in [4.78, 5) is 0. The molecule has 0 radical (unpaired) electrons. The number of phenols is 1. The van der Waals surface area contributed by atoms with E-state index in [1.54, 1.807) is 0 Å². The first kappa shape index (κ1) is 32.0. The van der Waals surface area contributed by atoms with Crippen molar-refractivity contribution in [3.8, 4) is 5.75 Å². The van der Waals surface area contributed by atoms with Crippen LogP contribution in [0.4, 0.5) is 0 Å². The van der Waals surface area contributed by atoms with Gasteiger partial charge in [0.2, 0.25) is 0 Å². The Balaban J connectivity index is 2.11. The smallest absolute Gasteiger partial charge is 0.123 e. The Kier molecular flexibility index (Phi) is 16.0. The summed E-state index contributed by atoms with van der Waals surface area (Å²) in [7, 11) is 0. The van der Waals surface area contributed by atoms with Crippen LogP contribution in [0.2, 0.25) is 0 Å². The van der Waals surface area contributed by atoms with E-state index in [2.05, 4.69) is 60.6 Å². The lowest BCUT2D eigenvalue weighted by Crippen LogP contribution is -2.18. The van der Waals surface area contributed by atoms with Crippen LogP contribution in [0, 0.1) is 0 Å². The largest absolute Gasteiger partial charge is 0.507 e.